The van der Waals surface area contributed by atoms with Crippen molar-refractivity contribution in [3.8, 4) is 0 Å². The second-order valence-corrected chi connectivity index (χ2v) is 11.9. The van der Waals surface area contributed by atoms with E-state index in [4.69, 9.17) is 9.47 Å². The summed E-state index contributed by atoms with van der Waals surface area (Å²) in [4.78, 5) is 19.9. The Labute approximate surface area is 201 Å². The van der Waals surface area contributed by atoms with Crippen LogP contribution in [0.5, 0.6) is 0 Å². The Morgan fingerprint density at radius 1 is 1.21 bits per heavy atom. The summed E-state index contributed by atoms with van der Waals surface area (Å²) in [5.74, 6) is 1.53. The molecule has 0 aromatic carbocycles. The Morgan fingerprint density at radius 2 is 1.91 bits per heavy atom. The van der Waals surface area contributed by atoms with Crippen molar-refractivity contribution in [3.63, 3.8) is 0 Å². The van der Waals surface area contributed by atoms with Gasteiger partial charge in [0.05, 0.1) is 12.1 Å². The van der Waals surface area contributed by atoms with E-state index in [9.17, 15) is 4.79 Å². The van der Waals surface area contributed by atoms with E-state index in [1.807, 2.05) is 51.8 Å². The highest BCUT2D eigenvalue weighted by atomic mass is 16.6. The van der Waals surface area contributed by atoms with Crippen LogP contribution in [0.1, 0.15) is 111 Å². The molecule has 1 aliphatic heterocycles. The van der Waals surface area contributed by atoms with Gasteiger partial charge >= 0.3 is 6.09 Å². The highest BCUT2D eigenvalue weighted by Gasteiger charge is 2.51. The number of aromatic nitrogens is 1. The van der Waals surface area contributed by atoms with E-state index in [1.54, 1.807) is 0 Å². The lowest BCUT2D eigenvalue weighted by atomic mass is 9.81. The number of nitrogens with zero attached hydrogens (tertiary/aromatic N) is 2. The van der Waals surface area contributed by atoms with Gasteiger partial charge in [-0.1, -0.05) is 52.0 Å². The third-order valence-corrected chi connectivity index (χ3v) is 7.31. The Morgan fingerprint density at radius 3 is 2.48 bits per heavy atom. The fraction of sp³-hybridized carbons (Fsp3) is 0.786. The smallest absolute Gasteiger partial charge is 0.412 e. The van der Waals surface area contributed by atoms with Gasteiger partial charge in [-0.2, -0.15) is 0 Å². The van der Waals surface area contributed by atoms with Gasteiger partial charge in [-0.15, -0.1) is 0 Å². The first-order valence-electron chi connectivity index (χ1n) is 13.1. The molecule has 0 spiro atoms. The third kappa shape index (κ3) is 6.94. The number of ether oxygens (including phenoxy) is 2. The van der Waals surface area contributed by atoms with Crippen molar-refractivity contribution in [3.05, 3.63) is 30.1 Å². The summed E-state index contributed by atoms with van der Waals surface area (Å²) >= 11 is 0. The first-order valence-corrected chi connectivity index (χ1v) is 13.1. The lowest BCUT2D eigenvalue weighted by Gasteiger charge is -2.37. The largest absolute Gasteiger partial charge is 0.444 e. The first kappa shape index (κ1) is 26.0. The highest BCUT2D eigenvalue weighted by Crippen LogP contribution is 2.42. The minimum Gasteiger partial charge on any atom is -0.444 e. The lowest BCUT2D eigenvalue weighted by molar-refractivity contribution is -0.0805. The zero-order valence-electron chi connectivity index (χ0n) is 22.0. The van der Waals surface area contributed by atoms with Crippen LogP contribution in [0.3, 0.4) is 0 Å². The summed E-state index contributed by atoms with van der Waals surface area (Å²) in [7, 11) is 0. The predicted octanol–water partition coefficient (Wildman–Crippen LogP) is 7.31. The van der Waals surface area contributed by atoms with Crippen LogP contribution in [0, 0.1) is 11.8 Å². The molecule has 2 fully saturated rings. The normalized spacial score (nSPS) is 24.8. The van der Waals surface area contributed by atoms with Gasteiger partial charge < -0.3 is 9.47 Å². The molecular weight excluding hydrogens is 412 g/mol. The van der Waals surface area contributed by atoms with Crippen LogP contribution in [-0.2, 0) is 9.47 Å². The van der Waals surface area contributed by atoms with Gasteiger partial charge in [-0.3, -0.25) is 9.88 Å². The zero-order valence-corrected chi connectivity index (χ0v) is 22.0. The number of carbonyl (C=O) groups is 1. The van der Waals surface area contributed by atoms with Crippen molar-refractivity contribution in [2.45, 2.75) is 129 Å². The number of pyridine rings is 1. The Kier molecular flexibility index (Phi) is 8.47. The summed E-state index contributed by atoms with van der Waals surface area (Å²) < 4.78 is 12.5. The molecule has 0 bridgehead atoms. The molecule has 1 saturated heterocycles. The van der Waals surface area contributed by atoms with Crippen LogP contribution in [0.15, 0.2) is 24.4 Å². The van der Waals surface area contributed by atoms with Crippen LogP contribution in [0.25, 0.3) is 0 Å². The lowest BCUT2D eigenvalue weighted by Crippen LogP contribution is -2.50. The quantitative estimate of drug-likeness (QED) is 0.430. The predicted molar refractivity (Wildman–Crippen MR) is 133 cm³/mol. The van der Waals surface area contributed by atoms with E-state index in [2.05, 4.69) is 31.0 Å². The summed E-state index contributed by atoms with van der Waals surface area (Å²) in [6.45, 7) is 14.4. The Bertz CT molecular complexity index is 750. The van der Waals surface area contributed by atoms with Gasteiger partial charge in [-0.05, 0) is 77.8 Å². The monoisotopic (exact) mass is 458 g/mol. The molecule has 0 N–H and O–H groups in total. The van der Waals surface area contributed by atoms with Crippen LogP contribution in [0.2, 0.25) is 0 Å². The minimum atomic E-state index is -0.676. The molecule has 1 saturated carbocycles. The maximum Gasteiger partial charge on any atom is 0.412 e. The van der Waals surface area contributed by atoms with Crippen LogP contribution >= 0.6 is 0 Å². The fourth-order valence-corrected chi connectivity index (χ4v) is 5.77. The molecule has 2 heterocycles. The van der Waals surface area contributed by atoms with Crippen LogP contribution < -0.4 is 0 Å². The molecule has 5 heteroatoms. The maximum absolute atomic E-state index is 13.4. The van der Waals surface area contributed by atoms with Crippen molar-refractivity contribution in [1.29, 1.82) is 0 Å². The van der Waals surface area contributed by atoms with Crippen molar-refractivity contribution in [2.24, 2.45) is 11.8 Å². The average Bonchev–Trinajstić information content (AvgIpc) is 2.97. The second kappa shape index (κ2) is 10.8. The van der Waals surface area contributed by atoms with Crippen molar-refractivity contribution >= 4 is 6.09 Å². The van der Waals surface area contributed by atoms with Gasteiger partial charge in [0.25, 0.3) is 0 Å². The molecule has 2 unspecified atom stereocenters. The molecule has 0 radical (unpaired) electrons. The Balaban J connectivity index is 1.80. The number of carbonyl (C=O) groups excluding carboxylic acids is 1. The SMILES string of the molecule is CC(C)[C@H](CCC1OC(C)(C)N(C(=O)OC(C)(C)C)C1CC1CCCCC1)c1ccccn1. The highest BCUT2D eigenvalue weighted by molar-refractivity contribution is 5.70. The van der Waals surface area contributed by atoms with E-state index in [1.165, 1.54) is 32.1 Å². The molecule has 186 valence electrons. The fourth-order valence-electron chi connectivity index (χ4n) is 5.77. The summed E-state index contributed by atoms with van der Waals surface area (Å²) in [5.41, 5.74) is -0.0508. The van der Waals surface area contributed by atoms with Crippen molar-refractivity contribution < 1.29 is 14.3 Å². The summed E-state index contributed by atoms with van der Waals surface area (Å²) in [6.07, 6.45) is 11.0. The number of hydrogen-bond acceptors (Lipinski definition) is 4. The van der Waals surface area contributed by atoms with Gasteiger partial charge in [0.15, 0.2) is 0 Å². The molecule has 3 rings (SSSR count). The molecule has 3 atom stereocenters. The summed E-state index contributed by atoms with van der Waals surface area (Å²) in [5, 5.41) is 0. The minimum absolute atomic E-state index is 0.0133. The van der Waals surface area contributed by atoms with E-state index in [0.717, 1.165) is 25.0 Å². The molecule has 33 heavy (non-hydrogen) atoms. The molecule has 1 amide bonds. The molecule has 1 aromatic rings. The van der Waals surface area contributed by atoms with Crippen molar-refractivity contribution in [1.82, 2.24) is 9.88 Å². The van der Waals surface area contributed by atoms with E-state index < -0.39 is 11.3 Å². The molecule has 1 aliphatic carbocycles. The topological polar surface area (TPSA) is 51.7 Å². The summed E-state index contributed by atoms with van der Waals surface area (Å²) in [6, 6.07) is 6.23. The molecule has 5 nitrogen and oxygen atoms in total. The van der Waals surface area contributed by atoms with Gasteiger partial charge in [0.1, 0.15) is 11.3 Å². The van der Waals surface area contributed by atoms with Crippen molar-refractivity contribution in [2.75, 3.05) is 0 Å². The molecular formula is C28H46N2O3. The maximum atomic E-state index is 13.4. The number of rotatable bonds is 7. The van der Waals surface area contributed by atoms with E-state index >= 15 is 0 Å². The standard InChI is InChI=1S/C28H46N2O3/c1-20(2)22(23-15-11-12-18-29-23)16-17-25-24(19-21-13-9-8-10-14-21)30(28(6,7)32-25)26(31)33-27(3,4)5/h11-12,15,18,20-22,24-25H,8-10,13-14,16-17,19H2,1-7H3/t22-,24?,25?/m0/s1. The van der Waals surface area contributed by atoms with Crippen LogP contribution in [-0.4, -0.2) is 39.4 Å². The van der Waals surface area contributed by atoms with Gasteiger partial charge in [0, 0.05) is 17.8 Å². The van der Waals surface area contributed by atoms with E-state index in [0.29, 0.717) is 17.8 Å². The first-order chi connectivity index (χ1) is 15.5. The zero-order chi connectivity index (χ0) is 24.2. The van der Waals surface area contributed by atoms with E-state index in [-0.39, 0.29) is 18.2 Å². The van der Waals surface area contributed by atoms with Gasteiger partial charge in [-0.25, -0.2) is 4.79 Å². The molecule has 2 aliphatic rings. The second-order valence-electron chi connectivity index (χ2n) is 11.9. The Hall–Kier alpha value is -1.62. The van der Waals surface area contributed by atoms with Gasteiger partial charge in [0.2, 0.25) is 0 Å². The third-order valence-electron chi connectivity index (χ3n) is 7.31. The van der Waals surface area contributed by atoms with Crippen LogP contribution in [0.4, 0.5) is 4.79 Å². The number of amides is 1. The number of hydrogen-bond donors (Lipinski definition) is 0. The average molecular weight is 459 g/mol. The molecule has 1 aromatic heterocycles.